The molecule has 1 spiro atoms. The van der Waals surface area contributed by atoms with Gasteiger partial charge in [0.15, 0.2) is 5.82 Å². The molecule has 2 aromatic carbocycles. The molecule has 48 heavy (non-hydrogen) atoms. The largest absolute Gasteiger partial charge is 0.508 e. The summed E-state index contributed by atoms with van der Waals surface area (Å²) in [5.41, 5.74) is -0.749. The summed E-state index contributed by atoms with van der Waals surface area (Å²) in [6.07, 6.45) is 12.0. The van der Waals surface area contributed by atoms with Crippen molar-refractivity contribution < 1.29 is 27.8 Å². The van der Waals surface area contributed by atoms with Crippen molar-refractivity contribution in [3.63, 3.8) is 0 Å². The minimum atomic E-state index is -0.925. The van der Waals surface area contributed by atoms with Crippen molar-refractivity contribution in [3.05, 3.63) is 41.5 Å². The first-order valence-electron chi connectivity index (χ1n) is 17.0. The number of anilines is 1. The van der Waals surface area contributed by atoms with E-state index >= 15 is 8.78 Å². The number of aromatic hydroxyl groups is 1. The number of phenolic OH excluding ortho intramolecular Hbond substituents is 1. The van der Waals surface area contributed by atoms with Gasteiger partial charge in [0.2, 0.25) is 5.88 Å². The number of terminal acetylenes is 1. The SMILES string of the molecule is C#Cc1c(F)ccc2cc(O)cc(-c3nc4c5c(nc(OC[C@@]67CCCN6C[C@H](F)C7)nc5c3F)N3C(CO4)C(C)CCCC34CC4)c12. The maximum Gasteiger partial charge on any atom is 0.319 e. The lowest BCUT2D eigenvalue weighted by molar-refractivity contribution is 0.107. The Morgan fingerprint density at radius 3 is 2.77 bits per heavy atom. The van der Waals surface area contributed by atoms with Gasteiger partial charge in [0, 0.05) is 29.5 Å². The average Bonchev–Trinajstić information content (AvgIpc) is 3.71. The second kappa shape index (κ2) is 10.6. The van der Waals surface area contributed by atoms with Gasteiger partial charge in [-0.3, -0.25) is 4.90 Å². The lowest BCUT2D eigenvalue weighted by Gasteiger charge is -2.39. The molecule has 2 aromatic heterocycles. The summed E-state index contributed by atoms with van der Waals surface area (Å²) in [5, 5.41) is 11.7. The van der Waals surface area contributed by atoms with E-state index in [1.807, 2.05) is 0 Å². The Balaban J connectivity index is 1.27. The molecule has 4 fully saturated rings. The second-order valence-electron chi connectivity index (χ2n) is 14.5. The topological polar surface area (TPSA) is 83.8 Å². The molecule has 0 amide bonds. The summed E-state index contributed by atoms with van der Waals surface area (Å²) < 4.78 is 59.7. The molecule has 1 N–H and O–H groups in total. The summed E-state index contributed by atoms with van der Waals surface area (Å²) >= 11 is 0. The van der Waals surface area contributed by atoms with Crippen LogP contribution in [0.4, 0.5) is 19.0 Å². The summed E-state index contributed by atoms with van der Waals surface area (Å²) in [4.78, 5) is 18.9. The van der Waals surface area contributed by atoms with Crippen LogP contribution in [0.25, 0.3) is 32.9 Å². The number of hydrogen-bond acceptors (Lipinski definition) is 8. The average molecular weight is 656 g/mol. The fourth-order valence-electron chi connectivity index (χ4n) is 9.12. The molecular formula is C37H36F3N5O3. The summed E-state index contributed by atoms with van der Waals surface area (Å²) in [6, 6.07) is 5.45. The number of ether oxygens (including phenoxy) is 2. The van der Waals surface area contributed by atoms with Crippen LogP contribution in [0.1, 0.15) is 63.9 Å². The van der Waals surface area contributed by atoms with Crippen molar-refractivity contribution in [3.8, 4) is 41.2 Å². The highest BCUT2D eigenvalue weighted by atomic mass is 19.1. The highest BCUT2D eigenvalue weighted by Gasteiger charge is 2.55. The summed E-state index contributed by atoms with van der Waals surface area (Å²) in [7, 11) is 0. The molecule has 1 saturated carbocycles. The molecule has 11 heteroatoms. The van der Waals surface area contributed by atoms with Gasteiger partial charge < -0.3 is 19.5 Å². The maximum absolute atomic E-state index is 17.2. The first-order chi connectivity index (χ1) is 23.2. The number of alkyl halides is 1. The zero-order valence-corrected chi connectivity index (χ0v) is 26.7. The number of pyridine rings is 1. The van der Waals surface area contributed by atoms with Crippen LogP contribution in [0.3, 0.4) is 0 Å². The zero-order valence-electron chi connectivity index (χ0n) is 26.7. The van der Waals surface area contributed by atoms with Crippen molar-refractivity contribution in [1.82, 2.24) is 19.9 Å². The number of phenols is 1. The molecule has 3 saturated heterocycles. The molecule has 4 atom stereocenters. The van der Waals surface area contributed by atoms with E-state index in [1.165, 1.54) is 24.3 Å². The lowest BCUT2D eigenvalue weighted by atomic mass is 9.95. The minimum absolute atomic E-state index is 0.00695. The van der Waals surface area contributed by atoms with E-state index in [0.717, 1.165) is 51.5 Å². The minimum Gasteiger partial charge on any atom is -0.508 e. The number of rotatable bonds is 4. The Morgan fingerprint density at radius 1 is 1.10 bits per heavy atom. The number of benzene rings is 2. The van der Waals surface area contributed by atoms with Gasteiger partial charge in [0.25, 0.3) is 0 Å². The van der Waals surface area contributed by atoms with E-state index in [2.05, 4.69) is 27.6 Å². The van der Waals surface area contributed by atoms with E-state index < -0.39 is 23.3 Å². The molecule has 6 heterocycles. The summed E-state index contributed by atoms with van der Waals surface area (Å²) in [6.45, 7) is 3.90. The third kappa shape index (κ3) is 4.37. The smallest absolute Gasteiger partial charge is 0.319 e. The number of nitrogens with zero attached hydrogens (tertiary/aromatic N) is 5. The van der Waals surface area contributed by atoms with Gasteiger partial charge in [-0.25, -0.2) is 18.2 Å². The van der Waals surface area contributed by atoms with E-state index in [4.69, 9.17) is 25.9 Å². The van der Waals surface area contributed by atoms with Gasteiger partial charge in [-0.05, 0) is 74.6 Å². The molecule has 9 rings (SSSR count). The van der Waals surface area contributed by atoms with E-state index in [0.29, 0.717) is 36.2 Å². The van der Waals surface area contributed by atoms with E-state index in [9.17, 15) is 9.50 Å². The van der Waals surface area contributed by atoms with Gasteiger partial charge in [-0.15, -0.1) is 6.42 Å². The first-order valence-corrected chi connectivity index (χ1v) is 17.0. The molecular weight excluding hydrogens is 619 g/mol. The van der Waals surface area contributed by atoms with Crippen molar-refractivity contribution in [2.45, 2.75) is 81.6 Å². The molecule has 8 nitrogen and oxygen atoms in total. The van der Waals surface area contributed by atoms with Crippen LogP contribution in [0, 0.1) is 29.9 Å². The second-order valence-corrected chi connectivity index (χ2v) is 14.5. The summed E-state index contributed by atoms with van der Waals surface area (Å²) in [5.74, 6) is 1.75. The molecule has 0 bridgehead atoms. The van der Waals surface area contributed by atoms with Gasteiger partial charge >= 0.3 is 6.01 Å². The maximum atomic E-state index is 17.2. The van der Waals surface area contributed by atoms with Crippen LogP contribution >= 0.6 is 0 Å². The number of aromatic nitrogens is 3. The Hall–Kier alpha value is -4.30. The van der Waals surface area contributed by atoms with E-state index in [1.54, 1.807) is 0 Å². The molecule has 2 unspecified atom stereocenters. The Labute approximate surface area is 276 Å². The predicted molar refractivity (Wildman–Crippen MR) is 175 cm³/mol. The van der Waals surface area contributed by atoms with Crippen LogP contribution in [-0.4, -0.2) is 74.6 Å². The predicted octanol–water partition coefficient (Wildman–Crippen LogP) is 6.69. The molecule has 1 aliphatic carbocycles. The van der Waals surface area contributed by atoms with Gasteiger partial charge in [-0.1, -0.05) is 25.3 Å². The Morgan fingerprint density at radius 2 is 1.96 bits per heavy atom. The Bertz CT molecular complexity index is 2050. The van der Waals surface area contributed by atoms with Crippen LogP contribution in [0.5, 0.6) is 17.6 Å². The van der Waals surface area contributed by atoms with Crippen molar-refractivity contribution >= 4 is 27.5 Å². The number of halogens is 3. The first kappa shape index (κ1) is 29.8. The molecule has 4 aromatic rings. The van der Waals surface area contributed by atoms with Crippen molar-refractivity contribution in [2.75, 3.05) is 31.2 Å². The van der Waals surface area contributed by atoms with Crippen LogP contribution < -0.4 is 14.4 Å². The van der Waals surface area contributed by atoms with Crippen molar-refractivity contribution in [1.29, 1.82) is 0 Å². The zero-order chi connectivity index (χ0) is 32.9. The third-order valence-electron chi connectivity index (χ3n) is 11.6. The molecule has 5 aliphatic rings. The van der Waals surface area contributed by atoms with Crippen LogP contribution in [0.2, 0.25) is 0 Å². The fraction of sp³-hybridized carbons (Fsp3) is 0.486. The van der Waals surface area contributed by atoms with Gasteiger partial charge in [0.05, 0.1) is 17.1 Å². The highest BCUT2D eigenvalue weighted by molar-refractivity contribution is 6.04. The van der Waals surface area contributed by atoms with Crippen LogP contribution in [-0.2, 0) is 0 Å². The molecule has 248 valence electrons. The fourth-order valence-corrected chi connectivity index (χ4v) is 9.12. The molecule has 4 aliphatic heterocycles. The monoisotopic (exact) mass is 655 g/mol. The normalized spacial score (nSPS) is 27.3. The van der Waals surface area contributed by atoms with Gasteiger partial charge in [-0.2, -0.15) is 9.97 Å². The number of fused-ring (bicyclic) bond motifs is 5. The lowest BCUT2D eigenvalue weighted by Crippen LogP contribution is -2.49. The standard InChI is InChI=1S/C37H36F3N5O3/c1-3-24-26(39)8-7-21-14-23(46)15-25(28(21)24)31-30(40)32-29-33(43-35(42-32)48-19-37-10-5-13-44(37)17-22(38)16-37)45-27(18-47-34(29)41-31)20(2)6-4-9-36(45)11-12-36/h1,7-8,14-15,20,22,27,46H,4-6,9-13,16-19H2,2H3/t20?,22-,27?,37+/m1/s1. The Kier molecular flexibility index (Phi) is 6.58. The molecule has 0 radical (unpaired) electrons. The van der Waals surface area contributed by atoms with Crippen molar-refractivity contribution in [2.24, 2.45) is 5.92 Å². The highest BCUT2D eigenvalue weighted by Crippen LogP contribution is 2.55. The number of hydrogen-bond donors (Lipinski definition) is 1. The van der Waals surface area contributed by atoms with E-state index in [-0.39, 0.29) is 69.5 Å². The quantitative estimate of drug-likeness (QED) is 0.244. The van der Waals surface area contributed by atoms with Gasteiger partial charge in [0.1, 0.15) is 53.4 Å². The van der Waals surface area contributed by atoms with Crippen LogP contribution in [0.15, 0.2) is 24.3 Å². The third-order valence-corrected chi connectivity index (χ3v) is 11.6.